The molecule has 0 radical (unpaired) electrons. The average Bonchev–Trinajstić information content (AvgIpc) is 1.84. The van der Waals surface area contributed by atoms with Crippen LogP contribution < -0.4 is 5.73 Å². The maximum absolute atomic E-state index is 11.0. The molecule has 0 saturated carbocycles. The van der Waals surface area contributed by atoms with E-state index in [1.54, 1.807) is 13.0 Å². The van der Waals surface area contributed by atoms with Crippen molar-refractivity contribution in [3.63, 3.8) is 0 Å². The van der Waals surface area contributed by atoms with Crippen LogP contribution >= 0.6 is 0 Å². The third-order valence-electron chi connectivity index (χ3n) is 1.10. The van der Waals surface area contributed by atoms with Gasteiger partial charge in [0.2, 0.25) is 0 Å². The van der Waals surface area contributed by atoms with E-state index >= 15 is 0 Å². The lowest BCUT2D eigenvalue weighted by atomic mass is 9.95. The van der Waals surface area contributed by atoms with Crippen LogP contribution in [0.4, 0.5) is 0 Å². The molecule has 0 aliphatic rings. The average molecular weight is 171 g/mol. The summed E-state index contributed by atoms with van der Waals surface area (Å²) in [6.45, 7) is 8.02. The molecule has 0 spiro atoms. The fourth-order valence-electron chi connectivity index (χ4n) is 0.740. The van der Waals surface area contributed by atoms with Gasteiger partial charge in [0.05, 0.1) is 6.61 Å². The highest BCUT2D eigenvalue weighted by atomic mass is 16.5. The molecule has 2 N–H and O–H groups in total. The highest BCUT2D eigenvalue weighted by Gasteiger charge is 2.12. The number of allylic oxidation sites excluding steroid dienone is 1. The molecule has 3 nitrogen and oxygen atoms in total. The number of nitrogens with two attached hydrogens (primary N) is 1. The van der Waals surface area contributed by atoms with E-state index in [0.29, 0.717) is 6.61 Å². The first-order chi connectivity index (χ1) is 5.37. The molecular weight excluding hydrogens is 154 g/mol. The summed E-state index contributed by atoms with van der Waals surface area (Å²) in [6.07, 6.45) is 1.70. The predicted molar refractivity (Wildman–Crippen MR) is 48.4 cm³/mol. The van der Waals surface area contributed by atoms with Gasteiger partial charge < -0.3 is 10.5 Å². The Hall–Kier alpha value is -0.990. The summed E-state index contributed by atoms with van der Waals surface area (Å²) >= 11 is 0. The molecule has 0 atom stereocenters. The Morgan fingerprint density at radius 1 is 1.50 bits per heavy atom. The number of esters is 1. The largest absolute Gasteiger partial charge is 0.461 e. The number of hydrogen-bond acceptors (Lipinski definition) is 3. The van der Waals surface area contributed by atoms with E-state index in [1.807, 2.05) is 20.8 Å². The standard InChI is InChI=1S/C9H17NO2/c1-5-12-8(11)7(10)6-9(2,3)4/h6H,5,10H2,1-4H3. The van der Waals surface area contributed by atoms with Crippen molar-refractivity contribution in [3.05, 3.63) is 11.8 Å². The van der Waals surface area contributed by atoms with E-state index in [4.69, 9.17) is 10.5 Å². The number of carbonyl (C=O) groups is 1. The number of rotatable bonds is 2. The van der Waals surface area contributed by atoms with Crippen LogP contribution in [0.5, 0.6) is 0 Å². The maximum Gasteiger partial charge on any atom is 0.353 e. The highest BCUT2D eigenvalue weighted by molar-refractivity contribution is 5.87. The van der Waals surface area contributed by atoms with E-state index in [2.05, 4.69) is 0 Å². The number of carbonyl (C=O) groups excluding carboxylic acids is 1. The molecule has 0 aliphatic heterocycles. The van der Waals surface area contributed by atoms with Crippen molar-refractivity contribution in [2.45, 2.75) is 27.7 Å². The quantitative estimate of drug-likeness (QED) is 0.505. The Morgan fingerprint density at radius 2 is 2.00 bits per heavy atom. The lowest BCUT2D eigenvalue weighted by Gasteiger charge is -2.12. The van der Waals surface area contributed by atoms with Gasteiger partial charge in [-0.05, 0) is 18.4 Å². The monoisotopic (exact) mass is 171 g/mol. The van der Waals surface area contributed by atoms with Gasteiger partial charge in [-0.2, -0.15) is 0 Å². The van der Waals surface area contributed by atoms with Gasteiger partial charge in [-0.3, -0.25) is 0 Å². The number of hydrogen-bond donors (Lipinski definition) is 1. The second-order valence-corrected chi connectivity index (χ2v) is 3.69. The fraction of sp³-hybridized carbons (Fsp3) is 0.667. The molecule has 0 heterocycles. The van der Waals surface area contributed by atoms with Gasteiger partial charge in [0.1, 0.15) is 5.70 Å². The molecule has 3 heteroatoms. The van der Waals surface area contributed by atoms with Gasteiger partial charge in [0.15, 0.2) is 0 Å². The van der Waals surface area contributed by atoms with Crippen molar-refractivity contribution in [2.24, 2.45) is 11.1 Å². The minimum atomic E-state index is -0.438. The summed E-state index contributed by atoms with van der Waals surface area (Å²) in [6, 6.07) is 0. The molecular formula is C9H17NO2. The zero-order chi connectivity index (χ0) is 9.78. The fourth-order valence-corrected chi connectivity index (χ4v) is 0.740. The Bertz CT molecular complexity index is 189. The molecule has 0 bridgehead atoms. The van der Waals surface area contributed by atoms with Gasteiger partial charge in [0.25, 0.3) is 0 Å². The second-order valence-electron chi connectivity index (χ2n) is 3.69. The second kappa shape index (κ2) is 4.14. The molecule has 0 aromatic heterocycles. The Labute approximate surface area is 73.6 Å². The topological polar surface area (TPSA) is 52.3 Å². The molecule has 0 saturated heterocycles. The molecule has 0 fully saturated rings. The zero-order valence-corrected chi connectivity index (χ0v) is 8.18. The third-order valence-corrected chi connectivity index (χ3v) is 1.10. The van der Waals surface area contributed by atoms with Crippen molar-refractivity contribution in [1.82, 2.24) is 0 Å². The number of ether oxygens (including phenoxy) is 1. The molecule has 0 rings (SSSR count). The van der Waals surface area contributed by atoms with Crippen LogP contribution in [0.25, 0.3) is 0 Å². The van der Waals surface area contributed by atoms with Gasteiger partial charge >= 0.3 is 5.97 Å². The van der Waals surface area contributed by atoms with Crippen molar-refractivity contribution < 1.29 is 9.53 Å². The normalized spacial score (nSPS) is 12.8. The Balaban J connectivity index is 4.28. The van der Waals surface area contributed by atoms with Crippen molar-refractivity contribution in [2.75, 3.05) is 6.61 Å². The molecule has 0 unspecified atom stereocenters. The van der Waals surface area contributed by atoms with Gasteiger partial charge in [-0.25, -0.2) is 4.79 Å². The Kier molecular flexibility index (Phi) is 3.80. The summed E-state index contributed by atoms with van der Waals surface area (Å²) in [5.41, 5.74) is 5.57. The first-order valence-corrected chi connectivity index (χ1v) is 4.02. The lowest BCUT2D eigenvalue weighted by molar-refractivity contribution is -0.138. The first-order valence-electron chi connectivity index (χ1n) is 4.02. The Morgan fingerprint density at radius 3 is 2.33 bits per heavy atom. The van der Waals surface area contributed by atoms with Gasteiger partial charge in [-0.15, -0.1) is 0 Å². The molecule has 0 amide bonds. The highest BCUT2D eigenvalue weighted by Crippen LogP contribution is 2.16. The van der Waals surface area contributed by atoms with Crippen molar-refractivity contribution in [3.8, 4) is 0 Å². The summed E-state index contributed by atoms with van der Waals surface area (Å²) in [5.74, 6) is -0.438. The molecule has 0 aromatic carbocycles. The SMILES string of the molecule is CCOC(=O)C(N)=CC(C)(C)C. The molecule has 0 aliphatic carbocycles. The van der Waals surface area contributed by atoms with E-state index in [0.717, 1.165) is 0 Å². The first kappa shape index (κ1) is 11.0. The summed E-state index contributed by atoms with van der Waals surface area (Å²) in [7, 11) is 0. The van der Waals surface area contributed by atoms with Crippen LogP contribution in [0, 0.1) is 5.41 Å². The van der Waals surface area contributed by atoms with Crippen LogP contribution in [0.3, 0.4) is 0 Å². The van der Waals surface area contributed by atoms with E-state index < -0.39 is 5.97 Å². The molecule has 0 aromatic rings. The minimum Gasteiger partial charge on any atom is -0.461 e. The third kappa shape index (κ3) is 4.77. The van der Waals surface area contributed by atoms with Crippen LogP contribution in [-0.2, 0) is 9.53 Å². The predicted octanol–water partition coefficient (Wildman–Crippen LogP) is 1.44. The maximum atomic E-state index is 11.0. The summed E-state index contributed by atoms with van der Waals surface area (Å²) < 4.78 is 4.72. The van der Waals surface area contributed by atoms with E-state index in [-0.39, 0.29) is 11.1 Å². The van der Waals surface area contributed by atoms with Crippen LogP contribution in [0.2, 0.25) is 0 Å². The van der Waals surface area contributed by atoms with Crippen LogP contribution in [0.1, 0.15) is 27.7 Å². The zero-order valence-electron chi connectivity index (χ0n) is 8.18. The van der Waals surface area contributed by atoms with Gasteiger partial charge in [-0.1, -0.05) is 20.8 Å². The van der Waals surface area contributed by atoms with E-state index in [9.17, 15) is 4.79 Å². The minimum absolute atomic E-state index is 0.0865. The molecule has 70 valence electrons. The van der Waals surface area contributed by atoms with E-state index in [1.165, 1.54) is 0 Å². The van der Waals surface area contributed by atoms with Crippen molar-refractivity contribution in [1.29, 1.82) is 0 Å². The van der Waals surface area contributed by atoms with Crippen LogP contribution in [0.15, 0.2) is 11.8 Å². The summed E-state index contributed by atoms with van der Waals surface area (Å²) in [5, 5.41) is 0. The molecule has 12 heavy (non-hydrogen) atoms. The van der Waals surface area contributed by atoms with Crippen molar-refractivity contribution >= 4 is 5.97 Å². The smallest absolute Gasteiger partial charge is 0.353 e. The lowest BCUT2D eigenvalue weighted by Crippen LogP contribution is -2.17. The van der Waals surface area contributed by atoms with Gasteiger partial charge in [0, 0.05) is 0 Å². The van der Waals surface area contributed by atoms with Crippen LogP contribution in [-0.4, -0.2) is 12.6 Å². The summed E-state index contributed by atoms with van der Waals surface area (Å²) in [4.78, 5) is 11.0.